The number of nitrogens with one attached hydrogen (secondary N) is 1. The van der Waals surface area contributed by atoms with Crippen LogP contribution in [0.15, 0.2) is 30.3 Å². The van der Waals surface area contributed by atoms with Crippen molar-refractivity contribution in [2.75, 3.05) is 26.4 Å². The molecule has 1 aromatic carbocycles. The van der Waals surface area contributed by atoms with Gasteiger partial charge in [0.1, 0.15) is 0 Å². The van der Waals surface area contributed by atoms with E-state index in [0.29, 0.717) is 18.7 Å². The van der Waals surface area contributed by atoms with Gasteiger partial charge in [-0.25, -0.2) is 0 Å². The van der Waals surface area contributed by atoms with E-state index in [9.17, 15) is 9.59 Å². The van der Waals surface area contributed by atoms with Crippen molar-refractivity contribution in [1.82, 2.24) is 5.32 Å². The second kappa shape index (κ2) is 8.84. The van der Waals surface area contributed by atoms with Gasteiger partial charge in [0, 0.05) is 18.2 Å². The fourth-order valence-electron chi connectivity index (χ4n) is 1.40. The molecule has 0 saturated carbocycles. The summed E-state index contributed by atoms with van der Waals surface area (Å²) in [6.07, 6.45) is 3.03. The molecular weight excluding hydrogens is 260 g/mol. The van der Waals surface area contributed by atoms with Crippen molar-refractivity contribution in [3.63, 3.8) is 0 Å². The van der Waals surface area contributed by atoms with Gasteiger partial charge in [0.15, 0.2) is 0 Å². The molecule has 20 heavy (non-hydrogen) atoms. The molecule has 0 aliphatic carbocycles. The van der Waals surface area contributed by atoms with Crippen molar-refractivity contribution in [1.29, 1.82) is 0 Å². The van der Waals surface area contributed by atoms with E-state index in [0.717, 1.165) is 5.56 Å². The zero-order valence-corrected chi connectivity index (χ0v) is 11.0. The molecule has 0 aliphatic rings. The van der Waals surface area contributed by atoms with Crippen molar-refractivity contribution < 1.29 is 19.4 Å². The molecule has 0 saturated heterocycles. The summed E-state index contributed by atoms with van der Waals surface area (Å²) >= 11 is 0. The van der Waals surface area contributed by atoms with Crippen molar-refractivity contribution in [3.8, 4) is 0 Å². The lowest BCUT2D eigenvalue weighted by atomic mass is 10.1. The van der Waals surface area contributed by atoms with Crippen molar-refractivity contribution in [3.05, 3.63) is 41.5 Å². The van der Waals surface area contributed by atoms with E-state index in [4.69, 9.17) is 15.6 Å². The molecule has 6 nitrogen and oxygen atoms in total. The van der Waals surface area contributed by atoms with Crippen molar-refractivity contribution >= 4 is 17.9 Å². The molecule has 0 fully saturated rings. The molecule has 0 bridgehead atoms. The second-order valence-electron chi connectivity index (χ2n) is 3.95. The Morgan fingerprint density at radius 1 is 1.25 bits per heavy atom. The first kappa shape index (κ1) is 15.9. The van der Waals surface area contributed by atoms with Crippen LogP contribution in [0, 0.1) is 0 Å². The van der Waals surface area contributed by atoms with Crippen molar-refractivity contribution in [2.24, 2.45) is 5.73 Å². The number of carbonyl (C=O) groups excluding carboxylic acids is 2. The summed E-state index contributed by atoms with van der Waals surface area (Å²) in [5.41, 5.74) is 6.34. The first-order valence-corrected chi connectivity index (χ1v) is 6.18. The highest BCUT2D eigenvalue weighted by Gasteiger charge is 1.99. The van der Waals surface area contributed by atoms with Gasteiger partial charge in [-0.2, -0.15) is 0 Å². The number of nitrogens with two attached hydrogens (primary N) is 1. The Morgan fingerprint density at radius 3 is 2.55 bits per heavy atom. The summed E-state index contributed by atoms with van der Waals surface area (Å²) < 4.78 is 5.00. The van der Waals surface area contributed by atoms with Crippen LogP contribution < -0.4 is 11.1 Å². The molecule has 6 heteroatoms. The lowest BCUT2D eigenvalue weighted by Gasteiger charge is -2.02. The Bertz CT molecular complexity index is 469. The van der Waals surface area contributed by atoms with Crippen LogP contribution >= 0.6 is 0 Å². The Labute approximate surface area is 117 Å². The first-order chi connectivity index (χ1) is 9.63. The number of ether oxygens (including phenoxy) is 1. The Morgan fingerprint density at radius 2 is 1.95 bits per heavy atom. The van der Waals surface area contributed by atoms with Crippen molar-refractivity contribution in [2.45, 2.75) is 0 Å². The number of hydrogen-bond donors (Lipinski definition) is 3. The van der Waals surface area contributed by atoms with Gasteiger partial charge in [0.25, 0.3) is 0 Å². The third kappa shape index (κ3) is 6.12. The highest BCUT2D eigenvalue weighted by molar-refractivity contribution is 5.94. The predicted octanol–water partition coefficient (Wildman–Crippen LogP) is -0.0762. The monoisotopic (exact) mass is 278 g/mol. The predicted molar refractivity (Wildman–Crippen MR) is 74.9 cm³/mol. The largest absolute Gasteiger partial charge is 0.394 e. The highest BCUT2D eigenvalue weighted by Crippen LogP contribution is 2.05. The number of rotatable bonds is 8. The smallest absolute Gasteiger partial charge is 0.248 e. The van der Waals surface area contributed by atoms with E-state index in [1.165, 1.54) is 6.08 Å². The number of benzene rings is 1. The van der Waals surface area contributed by atoms with Crippen LogP contribution in [0.25, 0.3) is 6.08 Å². The summed E-state index contributed by atoms with van der Waals surface area (Å²) in [5, 5.41) is 11.1. The van der Waals surface area contributed by atoms with Gasteiger partial charge >= 0.3 is 0 Å². The molecule has 0 heterocycles. The fourth-order valence-corrected chi connectivity index (χ4v) is 1.40. The number of aliphatic hydroxyl groups excluding tert-OH is 1. The van der Waals surface area contributed by atoms with Gasteiger partial charge in [-0.3, -0.25) is 9.59 Å². The summed E-state index contributed by atoms with van der Waals surface area (Å²) in [6.45, 7) is 0.963. The van der Waals surface area contributed by atoms with E-state index in [1.807, 2.05) is 0 Å². The van der Waals surface area contributed by atoms with E-state index < -0.39 is 5.91 Å². The van der Waals surface area contributed by atoms with E-state index in [2.05, 4.69) is 5.32 Å². The number of primary amides is 1. The van der Waals surface area contributed by atoms with E-state index >= 15 is 0 Å². The minimum atomic E-state index is -0.485. The maximum Gasteiger partial charge on any atom is 0.248 e. The highest BCUT2D eigenvalue weighted by atomic mass is 16.5. The molecule has 0 aromatic heterocycles. The molecule has 2 amide bonds. The Kier molecular flexibility index (Phi) is 7.02. The van der Waals surface area contributed by atoms with E-state index in [1.54, 1.807) is 30.3 Å². The molecule has 0 atom stereocenters. The lowest BCUT2D eigenvalue weighted by molar-refractivity contribution is -0.116. The first-order valence-electron chi connectivity index (χ1n) is 6.18. The number of amides is 2. The van der Waals surface area contributed by atoms with Gasteiger partial charge in [0.05, 0.1) is 19.8 Å². The molecule has 1 rings (SSSR count). The lowest BCUT2D eigenvalue weighted by Crippen LogP contribution is -2.25. The second-order valence-corrected chi connectivity index (χ2v) is 3.95. The van der Waals surface area contributed by atoms with E-state index in [-0.39, 0.29) is 19.1 Å². The third-order valence-electron chi connectivity index (χ3n) is 2.40. The zero-order valence-electron chi connectivity index (χ0n) is 11.0. The third-order valence-corrected chi connectivity index (χ3v) is 2.40. The minimum Gasteiger partial charge on any atom is -0.394 e. The van der Waals surface area contributed by atoms with Crippen LogP contribution in [0.4, 0.5) is 0 Å². The Balaban J connectivity index is 2.35. The summed E-state index contributed by atoms with van der Waals surface area (Å²) in [6, 6.07) is 6.60. The van der Waals surface area contributed by atoms with Gasteiger partial charge in [-0.15, -0.1) is 0 Å². The van der Waals surface area contributed by atoms with Crippen LogP contribution in [0.2, 0.25) is 0 Å². The average molecular weight is 278 g/mol. The normalized spacial score (nSPS) is 10.7. The van der Waals surface area contributed by atoms with Crippen LogP contribution in [0.1, 0.15) is 15.9 Å². The molecule has 1 aromatic rings. The number of hydrogen-bond acceptors (Lipinski definition) is 4. The van der Waals surface area contributed by atoms with Crippen LogP contribution in [-0.2, 0) is 9.53 Å². The molecule has 0 aliphatic heterocycles. The van der Waals surface area contributed by atoms with Gasteiger partial charge < -0.3 is 20.9 Å². The van der Waals surface area contributed by atoms with Gasteiger partial charge in [-0.1, -0.05) is 12.1 Å². The topological polar surface area (TPSA) is 102 Å². The molecule has 0 unspecified atom stereocenters. The summed E-state index contributed by atoms with van der Waals surface area (Å²) in [7, 11) is 0. The quantitative estimate of drug-likeness (QED) is 0.457. The molecule has 0 radical (unpaired) electrons. The molecule has 108 valence electrons. The Hall–Kier alpha value is -2.18. The summed E-state index contributed by atoms with van der Waals surface area (Å²) in [5.74, 6) is -0.724. The minimum absolute atomic E-state index is 0.0326. The van der Waals surface area contributed by atoms with Gasteiger partial charge in [-0.05, 0) is 23.8 Å². The standard InChI is InChI=1S/C14H18N2O4/c15-14(19)12-4-1-11(2-5-12)3-6-13(18)16-7-9-20-10-8-17/h1-6,17H,7-10H2,(H2,15,19)(H,16,18). The summed E-state index contributed by atoms with van der Waals surface area (Å²) in [4.78, 5) is 22.3. The van der Waals surface area contributed by atoms with Crippen LogP contribution in [-0.4, -0.2) is 43.3 Å². The maximum absolute atomic E-state index is 11.4. The molecular formula is C14H18N2O4. The fraction of sp³-hybridized carbons (Fsp3) is 0.286. The van der Waals surface area contributed by atoms with Crippen LogP contribution in [0.3, 0.4) is 0 Å². The molecule has 0 spiro atoms. The number of carbonyl (C=O) groups is 2. The zero-order chi connectivity index (χ0) is 14.8. The number of aliphatic hydroxyl groups is 1. The SMILES string of the molecule is NC(=O)c1ccc(C=CC(=O)NCCOCCO)cc1. The average Bonchev–Trinajstić information content (AvgIpc) is 2.45. The molecule has 4 N–H and O–H groups in total. The maximum atomic E-state index is 11.4. The van der Waals surface area contributed by atoms with Gasteiger partial charge in [0.2, 0.25) is 11.8 Å². The van der Waals surface area contributed by atoms with Crippen LogP contribution in [0.5, 0.6) is 0 Å².